The number of carbonyl (C=O) groups is 1. The molecular weight excluding hydrogens is 244 g/mol. The Balaban J connectivity index is 2.81. The normalized spacial score (nSPS) is 11.8. The van der Waals surface area contributed by atoms with Crippen molar-refractivity contribution in [1.82, 2.24) is 5.32 Å². The minimum absolute atomic E-state index is 0.0353. The number of nitrogens with two attached hydrogens (primary N) is 1. The number of hydrogen-bond acceptors (Lipinski definition) is 3. The van der Waals surface area contributed by atoms with Gasteiger partial charge in [-0.25, -0.2) is 0 Å². The van der Waals surface area contributed by atoms with E-state index in [-0.39, 0.29) is 11.9 Å². The smallest absolute Gasteiger partial charge is 0.262 e. The lowest BCUT2D eigenvalue weighted by atomic mass is 10.0. The highest BCUT2D eigenvalue weighted by Crippen LogP contribution is 2.17. The summed E-state index contributed by atoms with van der Waals surface area (Å²) >= 11 is 1.42. The molecule has 0 saturated carbocycles. The standard InChI is InChI=1S/C14H20N2OS/c1-4-12(10(2)3)16-14(17)13-11(6-5-8-15)7-9-18-13/h7,9-10,12H,4,8,15H2,1-3H3,(H,16,17). The highest BCUT2D eigenvalue weighted by atomic mass is 32.1. The fraction of sp³-hybridized carbons (Fsp3) is 0.500. The molecule has 0 aliphatic carbocycles. The van der Waals surface area contributed by atoms with Crippen molar-refractivity contribution in [2.45, 2.75) is 33.2 Å². The van der Waals surface area contributed by atoms with E-state index in [0.29, 0.717) is 17.3 Å². The first-order chi connectivity index (χ1) is 8.60. The summed E-state index contributed by atoms with van der Waals surface area (Å²) in [5.41, 5.74) is 6.11. The van der Waals surface area contributed by atoms with E-state index in [0.717, 1.165) is 12.0 Å². The summed E-state index contributed by atoms with van der Waals surface area (Å²) in [5.74, 6) is 6.10. The van der Waals surface area contributed by atoms with Crippen LogP contribution >= 0.6 is 11.3 Å². The Morgan fingerprint density at radius 2 is 2.28 bits per heavy atom. The molecule has 1 rings (SSSR count). The van der Waals surface area contributed by atoms with Crippen LogP contribution in [0.2, 0.25) is 0 Å². The van der Waals surface area contributed by atoms with E-state index in [1.54, 1.807) is 0 Å². The van der Waals surface area contributed by atoms with Gasteiger partial charge in [-0.15, -0.1) is 11.3 Å². The molecule has 3 N–H and O–H groups in total. The Kier molecular flexibility index (Phi) is 5.90. The van der Waals surface area contributed by atoms with Gasteiger partial charge in [0.15, 0.2) is 0 Å². The molecule has 1 heterocycles. The Morgan fingerprint density at radius 3 is 2.83 bits per heavy atom. The minimum atomic E-state index is -0.0353. The molecule has 4 heteroatoms. The third kappa shape index (κ3) is 3.86. The highest BCUT2D eigenvalue weighted by Gasteiger charge is 2.18. The monoisotopic (exact) mass is 264 g/mol. The molecule has 1 atom stereocenters. The zero-order chi connectivity index (χ0) is 13.5. The maximum atomic E-state index is 12.2. The number of nitrogens with one attached hydrogen (secondary N) is 1. The van der Waals surface area contributed by atoms with Gasteiger partial charge in [0.05, 0.1) is 6.54 Å². The summed E-state index contributed by atoms with van der Waals surface area (Å²) in [6, 6.07) is 2.06. The highest BCUT2D eigenvalue weighted by molar-refractivity contribution is 7.12. The van der Waals surface area contributed by atoms with Gasteiger partial charge in [0.25, 0.3) is 5.91 Å². The van der Waals surface area contributed by atoms with Crippen molar-refractivity contribution in [3.8, 4) is 11.8 Å². The zero-order valence-electron chi connectivity index (χ0n) is 11.1. The number of rotatable bonds is 4. The summed E-state index contributed by atoms with van der Waals surface area (Å²) in [6.45, 7) is 6.60. The number of thiophene rings is 1. The Labute approximate surface area is 113 Å². The lowest BCUT2D eigenvalue weighted by Crippen LogP contribution is -2.37. The van der Waals surface area contributed by atoms with E-state index in [2.05, 4.69) is 37.9 Å². The fourth-order valence-electron chi connectivity index (χ4n) is 1.70. The molecule has 3 nitrogen and oxygen atoms in total. The lowest BCUT2D eigenvalue weighted by Gasteiger charge is -2.20. The molecule has 98 valence electrons. The van der Waals surface area contributed by atoms with E-state index in [1.807, 2.05) is 11.4 Å². The molecule has 0 radical (unpaired) electrons. The van der Waals surface area contributed by atoms with Crippen molar-refractivity contribution < 1.29 is 4.79 Å². The van der Waals surface area contributed by atoms with Gasteiger partial charge in [0.1, 0.15) is 4.88 Å². The lowest BCUT2D eigenvalue weighted by molar-refractivity contribution is 0.0928. The van der Waals surface area contributed by atoms with Gasteiger partial charge in [-0.3, -0.25) is 4.79 Å². The van der Waals surface area contributed by atoms with Crippen LogP contribution in [0.4, 0.5) is 0 Å². The van der Waals surface area contributed by atoms with Crippen LogP contribution in [0.25, 0.3) is 0 Å². The van der Waals surface area contributed by atoms with Crippen LogP contribution in [0.1, 0.15) is 42.4 Å². The SMILES string of the molecule is CCC(NC(=O)c1sccc1C#CCN)C(C)C. The number of amides is 1. The van der Waals surface area contributed by atoms with Crippen molar-refractivity contribution in [2.24, 2.45) is 11.7 Å². The predicted molar refractivity (Wildman–Crippen MR) is 76.6 cm³/mol. The maximum Gasteiger partial charge on any atom is 0.262 e. The van der Waals surface area contributed by atoms with Gasteiger partial charge in [-0.1, -0.05) is 32.6 Å². The van der Waals surface area contributed by atoms with E-state index >= 15 is 0 Å². The maximum absolute atomic E-state index is 12.2. The van der Waals surface area contributed by atoms with E-state index in [9.17, 15) is 4.79 Å². The minimum Gasteiger partial charge on any atom is -0.348 e. The molecule has 1 aromatic rings. The van der Waals surface area contributed by atoms with Crippen molar-refractivity contribution in [3.63, 3.8) is 0 Å². The van der Waals surface area contributed by atoms with Gasteiger partial charge in [0, 0.05) is 11.6 Å². The summed E-state index contributed by atoms with van der Waals surface area (Å²) in [4.78, 5) is 12.8. The largest absolute Gasteiger partial charge is 0.348 e. The van der Waals surface area contributed by atoms with Crippen molar-refractivity contribution in [1.29, 1.82) is 0 Å². The van der Waals surface area contributed by atoms with Crippen LogP contribution in [0.3, 0.4) is 0 Å². The van der Waals surface area contributed by atoms with Crippen LogP contribution in [-0.4, -0.2) is 18.5 Å². The molecule has 0 aromatic carbocycles. The van der Waals surface area contributed by atoms with Crippen LogP contribution in [-0.2, 0) is 0 Å². The molecular formula is C14H20N2OS. The Hall–Kier alpha value is -1.31. The molecule has 1 unspecified atom stereocenters. The second-order valence-corrected chi connectivity index (χ2v) is 5.32. The van der Waals surface area contributed by atoms with E-state index in [4.69, 9.17) is 5.73 Å². The van der Waals surface area contributed by atoms with Crippen LogP contribution in [0.15, 0.2) is 11.4 Å². The molecule has 0 fully saturated rings. The first-order valence-electron chi connectivity index (χ1n) is 6.17. The van der Waals surface area contributed by atoms with Crippen molar-refractivity contribution in [3.05, 3.63) is 21.9 Å². The van der Waals surface area contributed by atoms with Gasteiger partial charge >= 0.3 is 0 Å². The molecule has 18 heavy (non-hydrogen) atoms. The summed E-state index contributed by atoms with van der Waals surface area (Å²) < 4.78 is 0. The first-order valence-corrected chi connectivity index (χ1v) is 7.05. The van der Waals surface area contributed by atoms with Crippen molar-refractivity contribution >= 4 is 17.2 Å². The van der Waals surface area contributed by atoms with Gasteiger partial charge in [-0.05, 0) is 23.8 Å². The molecule has 1 amide bonds. The molecule has 0 aliphatic heterocycles. The van der Waals surface area contributed by atoms with Gasteiger partial charge in [-0.2, -0.15) is 0 Å². The third-order valence-electron chi connectivity index (χ3n) is 2.76. The topological polar surface area (TPSA) is 55.1 Å². The van der Waals surface area contributed by atoms with Crippen LogP contribution in [0.5, 0.6) is 0 Å². The van der Waals surface area contributed by atoms with Gasteiger partial charge < -0.3 is 11.1 Å². The van der Waals surface area contributed by atoms with E-state index < -0.39 is 0 Å². The molecule has 1 aromatic heterocycles. The average molecular weight is 264 g/mol. The first kappa shape index (κ1) is 14.7. The summed E-state index contributed by atoms with van der Waals surface area (Å²) in [5, 5.41) is 4.94. The van der Waals surface area contributed by atoms with Crippen LogP contribution < -0.4 is 11.1 Å². The molecule has 0 aliphatic rings. The van der Waals surface area contributed by atoms with Gasteiger partial charge in [0.2, 0.25) is 0 Å². The Bertz CT molecular complexity index is 454. The summed E-state index contributed by atoms with van der Waals surface area (Å²) in [6.07, 6.45) is 0.929. The molecule has 0 spiro atoms. The quantitative estimate of drug-likeness (QED) is 0.819. The van der Waals surface area contributed by atoms with E-state index in [1.165, 1.54) is 11.3 Å². The average Bonchev–Trinajstić information content (AvgIpc) is 2.80. The van der Waals surface area contributed by atoms with Crippen LogP contribution in [0, 0.1) is 17.8 Å². The zero-order valence-corrected chi connectivity index (χ0v) is 11.9. The molecule has 0 saturated heterocycles. The fourth-order valence-corrected chi connectivity index (χ4v) is 2.46. The third-order valence-corrected chi connectivity index (χ3v) is 3.67. The van der Waals surface area contributed by atoms with Crippen molar-refractivity contribution in [2.75, 3.05) is 6.54 Å². The second-order valence-electron chi connectivity index (χ2n) is 4.40. The Morgan fingerprint density at radius 1 is 1.56 bits per heavy atom. The molecule has 0 bridgehead atoms. The summed E-state index contributed by atoms with van der Waals surface area (Å²) in [7, 11) is 0. The number of hydrogen-bond donors (Lipinski definition) is 2. The predicted octanol–water partition coefficient (Wildman–Crippen LogP) is 2.22. The number of carbonyl (C=O) groups excluding carboxylic acids is 1. The second kappa shape index (κ2) is 7.20.